The maximum atomic E-state index is 12.4. The molecule has 0 atom stereocenters. The molecule has 0 aliphatic rings. The van der Waals surface area contributed by atoms with E-state index in [1.807, 2.05) is 37.3 Å². The second-order valence-corrected chi connectivity index (χ2v) is 5.87. The third-order valence-corrected chi connectivity index (χ3v) is 4.07. The maximum Gasteiger partial charge on any atom is 0.248 e. The van der Waals surface area contributed by atoms with Crippen LogP contribution in [0.15, 0.2) is 59.7 Å². The van der Waals surface area contributed by atoms with Gasteiger partial charge in [-0.15, -0.1) is 0 Å². The number of pyridine rings is 2. The first kappa shape index (κ1) is 17.7. The summed E-state index contributed by atoms with van der Waals surface area (Å²) < 4.78 is 5.74. The van der Waals surface area contributed by atoms with Crippen molar-refractivity contribution in [1.82, 2.24) is 9.97 Å². The third kappa shape index (κ3) is 4.27. The minimum atomic E-state index is -0.126. The molecule has 1 aromatic carbocycles. The van der Waals surface area contributed by atoms with Gasteiger partial charge in [0.1, 0.15) is 5.75 Å². The number of hydrogen-bond donors (Lipinski definition) is 1. The molecule has 0 fully saturated rings. The highest BCUT2D eigenvalue weighted by molar-refractivity contribution is 5.93. The van der Waals surface area contributed by atoms with E-state index in [1.165, 1.54) is 6.07 Å². The van der Waals surface area contributed by atoms with Crippen LogP contribution in [0.3, 0.4) is 0 Å². The van der Waals surface area contributed by atoms with Crippen molar-refractivity contribution in [3.8, 4) is 5.75 Å². The van der Waals surface area contributed by atoms with Gasteiger partial charge in [-0.2, -0.15) is 0 Å². The number of hydrogen-bond acceptors (Lipinski definition) is 4. The van der Waals surface area contributed by atoms with Gasteiger partial charge in [-0.3, -0.25) is 14.6 Å². The van der Waals surface area contributed by atoms with Gasteiger partial charge in [-0.05, 0) is 49.7 Å². The second kappa shape index (κ2) is 8.29. The first-order valence-electron chi connectivity index (χ1n) is 8.63. The summed E-state index contributed by atoms with van der Waals surface area (Å²) in [4.78, 5) is 32.3. The van der Waals surface area contributed by atoms with Crippen LogP contribution < -0.4 is 15.2 Å². The summed E-state index contributed by atoms with van der Waals surface area (Å²) >= 11 is 0. The Balaban J connectivity index is 1.52. The number of H-pyrrole nitrogens is 1. The van der Waals surface area contributed by atoms with E-state index in [0.29, 0.717) is 26.0 Å². The zero-order chi connectivity index (χ0) is 18.4. The van der Waals surface area contributed by atoms with Gasteiger partial charge in [-0.25, -0.2) is 0 Å². The van der Waals surface area contributed by atoms with Crippen molar-refractivity contribution >= 4 is 22.5 Å². The lowest BCUT2D eigenvalue weighted by Gasteiger charge is -2.20. The van der Waals surface area contributed by atoms with Gasteiger partial charge in [0, 0.05) is 36.1 Å². The predicted octanol–water partition coefficient (Wildman–Crippen LogP) is 3.14. The fraction of sp³-hybridized carbons (Fsp3) is 0.250. The largest absolute Gasteiger partial charge is 0.494 e. The molecule has 6 nitrogen and oxygen atoms in total. The molecule has 6 heteroatoms. The molecule has 2 aromatic heterocycles. The summed E-state index contributed by atoms with van der Waals surface area (Å²) in [6, 6.07) is 12.5. The van der Waals surface area contributed by atoms with Crippen LogP contribution in [0, 0.1) is 0 Å². The van der Waals surface area contributed by atoms with Crippen molar-refractivity contribution in [2.24, 2.45) is 0 Å². The highest BCUT2D eigenvalue weighted by Gasteiger charge is 2.13. The molecule has 3 aromatic rings. The monoisotopic (exact) mass is 351 g/mol. The molecule has 0 unspecified atom stereocenters. The first-order chi connectivity index (χ1) is 12.7. The Morgan fingerprint density at radius 3 is 2.88 bits per heavy atom. The fourth-order valence-corrected chi connectivity index (χ4v) is 2.79. The van der Waals surface area contributed by atoms with E-state index in [-0.39, 0.29) is 11.5 Å². The normalized spacial score (nSPS) is 10.7. The zero-order valence-electron chi connectivity index (χ0n) is 14.6. The third-order valence-electron chi connectivity index (χ3n) is 4.07. The van der Waals surface area contributed by atoms with Crippen molar-refractivity contribution in [3.63, 3.8) is 0 Å². The van der Waals surface area contributed by atoms with Gasteiger partial charge in [0.2, 0.25) is 11.5 Å². The first-order valence-corrected chi connectivity index (χ1v) is 8.63. The van der Waals surface area contributed by atoms with Crippen LogP contribution in [0.25, 0.3) is 10.9 Å². The molecule has 3 rings (SSSR count). The number of benzene rings is 1. The smallest absolute Gasteiger partial charge is 0.248 e. The van der Waals surface area contributed by atoms with Crippen LogP contribution in [0.1, 0.15) is 19.8 Å². The summed E-state index contributed by atoms with van der Waals surface area (Å²) in [6.45, 7) is 3.00. The molecular formula is C20H21N3O3. The quantitative estimate of drug-likeness (QED) is 0.664. The Labute approximate surface area is 151 Å². The average molecular weight is 351 g/mol. The summed E-state index contributed by atoms with van der Waals surface area (Å²) in [5, 5.41) is 0.909. The number of nitrogens with zero attached hydrogens (tertiary/aromatic N) is 2. The van der Waals surface area contributed by atoms with E-state index >= 15 is 0 Å². The Kier molecular flexibility index (Phi) is 5.63. The van der Waals surface area contributed by atoms with Crippen molar-refractivity contribution in [2.75, 3.05) is 18.1 Å². The lowest BCUT2D eigenvalue weighted by molar-refractivity contribution is -0.118. The molecule has 0 saturated heterocycles. The molecule has 0 saturated carbocycles. The molecule has 0 bridgehead atoms. The van der Waals surface area contributed by atoms with Crippen molar-refractivity contribution < 1.29 is 9.53 Å². The lowest BCUT2D eigenvalue weighted by atomic mass is 10.2. The van der Waals surface area contributed by atoms with E-state index in [2.05, 4.69) is 9.97 Å². The summed E-state index contributed by atoms with van der Waals surface area (Å²) in [7, 11) is 0. The SMILES string of the molecule is CCN(C(=O)CCCOc1ccc2[nH]c(=O)ccc2c1)c1cccnc1. The summed E-state index contributed by atoms with van der Waals surface area (Å²) in [5.74, 6) is 0.775. The maximum absolute atomic E-state index is 12.4. The number of amides is 1. The van der Waals surface area contributed by atoms with Gasteiger partial charge in [0.25, 0.3) is 0 Å². The fourth-order valence-electron chi connectivity index (χ4n) is 2.79. The highest BCUT2D eigenvalue weighted by Crippen LogP contribution is 2.19. The Morgan fingerprint density at radius 2 is 2.12 bits per heavy atom. The van der Waals surface area contributed by atoms with Crippen LogP contribution in [0.2, 0.25) is 0 Å². The van der Waals surface area contributed by atoms with Crippen molar-refractivity contribution in [3.05, 3.63) is 65.2 Å². The zero-order valence-corrected chi connectivity index (χ0v) is 14.6. The molecular weight excluding hydrogens is 330 g/mol. The molecule has 2 heterocycles. The van der Waals surface area contributed by atoms with Crippen LogP contribution in [0.5, 0.6) is 5.75 Å². The Morgan fingerprint density at radius 1 is 1.23 bits per heavy atom. The highest BCUT2D eigenvalue weighted by atomic mass is 16.5. The van der Waals surface area contributed by atoms with Crippen LogP contribution >= 0.6 is 0 Å². The number of nitrogens with one attached hydrogen (secondary N) is 1. The number of carbonyl (C=O) groups is 1. The average Bonchev–Trinajstić information content (AvgIpc) is 2.66. The van der Waals surface area contributed by atoms with Gasteiger partial charge in [0.05, 0.1) is 18.5 Å². The number of ether oxygens (including phenoxy) is 1. The van der Waals surface area contributed by atoms with Crippen molar-refractivity contribution in [2.45, 2.75) is 19.8 Å². The second-order valence-electron chi connectivity index (χ2n) is 5.87. The van der Waals surface area contributed by atoms with E-state index in [1.54, 1.807) is 23.4 Å². The van der Waals surface area contributed by atoms with E-state index in [0.717, 1.165) is 22.3 Å². The van der Waals surface area contributed by atoms with E-state index < -0.39 is 0 Å². The molecule has 0 aliphatic heterocycles. The predicted molar refractivity (Wildman–Crippen MR) is 102 cm³/mol. The Hall–Kier alpha value is -3.15. The molecule has 134 valence electrons. The van der Waals surface area contributed by atoms with Crippen LogP contribution in [-0.2, 0) is 4.79 Å². The Bertz CT molecular complexity index is 938. The molecule has 26 heavy (non-hydrogen) atoms. The summed E-state index contributed by atoms with van der Waals surface area (Å²) in [6.07, 6.45) is 4.41. The number of fused-ring (bicyclic) bond motifs is 1. The van der Waals surface area contributed by atoms with Crippen molar-refractivity contribution in [1.29, 1.82) is 0 Å². The number of carbonyl (C=O) groups excluding carboxylic acids is 1. The molecule has 0 aliphatic carbocycles. The molecule has 1 N–H and O–H groups in total. The standard InChI is InChI=1S/C20H21N3O3/c1-2-23(16-5-3-11-21-14-16)20(25)6-4-12-26-17-8-9-18-15(13-17)7-10-19(24)22-18/h3,5,7-11,13-14H,2,4,6,12H2,1H3,(H,22,24). The van der Waals surface area contributed by atoms with E-state index in [4.69, 9.17) is 4.74 Å². The number of anilines is 1. The van der Waals surface area contributed by atoms with Gasteiger partial charge in [0.15, 0.2) is 0 Å². The lowest BCUT2D eigenvalue weighted by Crippen LogP contribution is -2.30. The van der Waals surface area contributed by atoms with Gasteiger partial charge in [-0.1, -0.05) is 0 Å². The minimum Gasteiger partial charge on any atom is -0.494 e. The van der Waals surface area contributed by atoms with Gasteiger partial charge < -0.3 is 14.6 Å². The topological polar surface area (TPSA) is 75.3 Å². The number of rotatable bonds is 7. The van der Waals surface area contributed by atoms with Gasteiger partial charge >= 0.3 is 0 Å². The molecule has 0 radical (unpaired) electrons. The van der Waals surface area contributed by atoms with E-state index in [9.17, 15) is 9.59 Å². The number of aromatic amines is 1. The minimum absolute atomic E-state index is 0.0557. The molecule has 1 amide bonds. The number of aromatic nitrogens is 2. The molecule has 0 spiro atoms. The van der Waals surface area contributed by atoms with Crippen LogP contribution in [-0.4, -0.2) is 29.0 Å². The summed E-state index contributed by atoms with van der Waals surface area (Å²) in [5.41, 5.74) is 1.46. The van der Waals surface area contributed by atoms with Crippen LogP contribution in [0.4, 0.5) is 5.69 Å².